The van der Waals surface area contributed by atoms with Crippen LogP contribution in [0.4, 0.5) is 0 Å². The molecule has 4 heteroatoms. The van der Waals surface area contributed by atoms with Gasteiger partial charge in [-0.25, -0.2) is 0 Å². The molecule has 0 radical (unpaired) electrons. The van der Waals surface area contributed by atoms with Crippen LogP contribution in [0.1, 0.15) is 15.9 Å². The Hall–Kier alpha value is -1.77. The summed E-state index contributed by atoms with van der Waals surface area (Å²) in [5.74, 6) is -0.364. The van der Waals surface area contributed by atoms with Gasteiger partial charge in [0, 0.05) is 15.6 Å². The molecule has 0 heterocycles. The van der Waals surface area contributed by atoms with Crippen LogP contribution < -0.4 is 0 Å². The summed E-state index contributed by atoms with van der Waals surface area (Å²) in [6.07, 6.45) is 2.88. The molecular formula is C15H10Cl2O2. The van der Waals surface area contributed by atoms with Gasteiger partial charge < -0.3 is 5.11 Å². The van der Waals surface area contributed by atoms with E-state index in [4.69, 9.17) is 23.2 Å². The number of rotatable bonds is 3. The Morgan fingerprint density at radius 1 is 1.00 bits per heavy atom. The van der Waals surface area contributed by atoms with Gasteiger partial charge in [0.15, 0.2) is 5.78 Å². The lowest BCUT2D eigenvalue weighted by Gasteiger charge is -2.01. The van der Waals surface area contributed by atoms with Crippen molar-refractivity contribution in [2.24, 2.45) is 0 Å². The number of phenolic OH excluding ortho intramolecular Hbond substituents is 1. The molecule has 0 unspecified atom stereocenters. The first-order chi connectivity index (χ1) is 9.09. The topological polar surface area (TPSA) is 37.3 Å². The molecule has 96 valence electrons. The van der Waals surface area contributed by atoms with Crippen LogP contribution in [-0.2, 0) is 0 Å². The number of benzene rings is 2. The zero-order valence-electron chi connectivity index (χ0n) is 9.81. The van der Waals surface area contributed by atoms with Crippen molar-refractivity contribution in [3.63, 3.8) is 0 Å². The van der Waals surface area contributed by atoms with E-state index in [1.807, 2.05) is 0 Å². The van der Waals surface area contributed by atoms with Crippen molar-refractivity contribution in [1.82, 2.24) is 0 Å². The summed E-state index contributed by atoms with van der Waals surface area (Å²) in [5, 5.41) is 10.5. The Morgan fingerprint density at radius 2 is 1.63 bits per heavy atom. The summed E-state index contributed by atoms with van der Waals surface area (Å²) < 4.78 is 0. The molecule has 0 aromatic heterocycles. The summed E-state index contributed by atoms with van der Waals surface area (Å²) in [4.78, 5) is 11.9. The third kappa shape index (κ3) is 3.16. The summed E-state index contributed by atoms with van der Waals surface area (Å²) >= 11 is 12.0. The van der Waals surface area contributed by atoms with Gasteiger partial charge in [-0.1, -0.05) is 41.4 Å². The highest BCUT2D eigenvalue weighted by molar-refractivity contribution is 6.37. The third-order valence-electron chi connectivity index (χ3n) is 2.57. The molecule has 0 fully saturated rings. The van der Waals surface area contributed by atoms with Gasteiger partial charge in [0.05, 0.1) is 5.56 Å². The van der Waals surface area contributed by atoms with E-state index in [9.17, 15) is 9.90 Å². The predicted octanol–water partition coefficient (Wildman–Crippen LogP) is 4.60. The van der Waals surface area contributed by atoms with E-state index in [1.54, 1.807) is 42.5 Å². The minimum atomic E-state index is -0.311. The average Bonchev–Trinajstić information content (AvgIpc) is 2.38. The quantitative estimate of drug-likeness (QED) is 0.663. The largest absolute Gasteiger partial charge is 0.507 e. The number of allylic oxidation sites excluding steroid dienone is 1. The fourth-order valence-electron chi connectivity index (χ4n) is 1.60. The van der Waals surface area contributed by atoms with E-state index >= 15 is 0 Å². The maximum atomic E-state index is 11.9. The third-order valence-corrected chi connectivity index (χ3v) is 3.23. The Kier molecular flexibility index (Phi) is 4.25. The Labute approximate surface area is 120 Å². The maximum Gasteiger partial charge on any atom is 0.189 e. The van der Waals surface area contributed by atoms with Crippen LogP contribution >= 0.6 is 23.2 Å². The number of carbonyl (C=O) groups is 1. The van der Waals surface area contributed by atoms with Gasteiger partial charge in [-0.2, -0.15) is 0 Å². The fourth-order valence-corrected chi connectivity index (χ4v) is 2.12. The number of hydrogen-bond donors (Lipinski definition) is 1. The molecule has 0 aliphatic heterocycles. The SMILES string of the molecule is O=C(C=Cc1c(Cl)cccc1Cl)c1ccccc1O. The van der Waals surface area contributed by atoms with Crippen molar-refractivity contribution in [2.45, 2.75) is 0 Å². The minimum absolute atomic E-state index is 0.0533. The highest BCUT2D eigenvalue weighted by Gasteiger charge is 2.07. The fraction of sp³-hybridized carbons (Fsp3) is 0. The molecule has 2 aromatic rings. The molecule has 0 saturated heterocycles. The van der Waals surface area contributed by atoms with Crippen LogP contribution in [0.5, 0.6) is 5.75 Å². The normalized spacial score (nSPS) is 10.8. The molecule has 0 atom stereocenters. The molecule has 19 heavy (non-hydrogen) atoms. The smallest absolute Gasteiger partial charge is 0.189 e. The van der Waals surface area contributed by atoms with Crippen molar-refractivity contribution >= 4 is 35.1 Å². The van der Waals surface area contributed by atoms with Gasteiger partial charge in [0.25, 0.3) is 0 Å². The molecule has 0 amide bonds. The van der Waals surface area contributed by atoms with Crippen molar-refractivity contribution in [2.75, 3.05) is 0 Å². The predicted molar refractivity (Wildman–Crippen MR) is 77.9 cm³/mol. The molecule has 2 rings (SSSR count). The van der Waals surface area contributed by atoms with E-state index in [0.29, 0.717) is 15.6 Å². The first-order valence-corrected chi connectivity index (χ1v) is 6.29. The summed E-state index contributed by atoms with van der Waals surface area (Å²) in [5.41, 5.74) is 0.816. The van der Waals surface area contributed by atoms with Crippen LogP contribution in [0.15, 0.2) is 48.5 Å². The molecule has 1 N–H and O–H groups in total. The number of phenols is 1. The zero-order chi connectivity index (χ0) is 13.8. The van der Waals surface area contributed by atoms with Gasteiger partial charge in [0.1, 0.15) is 5.75 Å². The lowest BCUT2D eigenvalue weighted by Crippen LogP contribution is -1.94. The Bertz CT molecular complexity index is 628. The van der Waals surface area contributed by atoms with E-state index in [2.05, 4.69) is 0 Å². The summed E-state index contributed by atoms with van der Waals surface area (Å²) in [7, 11) is 0. The van der Waals surface area contributed by atoms with Gasteiger partial charge in [-0.15, -0.1) is 0 Å². The van der Waals surface area contributed by atoms with Gasteiger partial charge in [-0.05, 0) is 36.4 Å². The minimum Gasteiger partial charge on any atom is -0.507 e. The standard InChI is InChI=1S/C15H10Cl2O2/c16-12-5-3-6-13(17)10(12)8-9-15(19)11-4-1-2-7-14(11)18/h1-9,18H. The van der Waals surface area contributed by atoms with E-state index in [1.165, 1.54) is 12.1 Å². The number of carbonyl (C=O) groups excluding carboxylic acids is 1. The van der Waals surface area contributed by atoms with Crippen LogP contribution in [0.2, 0.25) is 10.0 Å². The van der Waals surface area contributed by atoms with Gasteiger partial charge in [0.2, 0.25) is 0 Å². The molecule has 2 aromatic carbocycles. The van der Waals surface area contributed by atoms with Gasteiger partial charge >= 0.3 is 0 Å². The van der Waals surface area contributed by atoms with E-state index in [-0.39, 0.29) is 17.1 Å². The second-order valence-corrected chi connectivity index (χ2v) is 4.66. The Balaban J connectivity index is 2.29. The van der Waals surface area contributed by atoms with E-state index in [0.717, 1.165) is 0 Å². The number of hydrogen-bond acceptors (Lipinski definition) is 2. The number of ketones is 1. The zero-order valence-corrected chi connectivity index (χ0v) is 11.3. The highest BCUT2D eigenvalue weighted by Crippen LogP contribution is 2.26. The molecule has 0 saturated carbocycles. The monoisotopic (exact) mass is 292 g/mol. The van der Waals surface area contributed by atoms with E-state index < -0.39 is 0 Å². The second kappa shape index (κ2) is 5.91. The first-order valence-electron chi connectivity index (χ1n) is 5.54. The molecule has 0 spiro atoms. The maximum absolute atomic E-state index is 11.9. The lowest BCUT2D eigenvalue weighted by atomic mass is 10.1. The molecule has 0 aliphatic rings. The van der Waals surface area contributed by atoms with Crippen molar-refractivity contribution in [3.05, 3.63) is 69.7 Å². The molecular weight excluding hydrogens is 283 g/mol. The molecule has 0 aliphatic carbocycles. The summed E-state index contributed by atoms with van der Waals surface area (Å²) in [6, 6.07) is 11.5. The second-order valence-electron chi connectivity index (χ2n) is 3.85. The van der Waals surface area contributed by atoms with Gasteiger partial charge in [-0.3, -0.25) is 4.79 Å². The average molecular weight is 293 g/mol. The summed E-state index contributed by atoms with van der Waals surface area (Å²) in [6.45, 7) is 0. The molecule has 2 nitrogen and oxygen atoms in total. The Morgan fingerprint density at radius 3 is 2.26 bits per heavy atom. The number of para-hydroxylation sites is 1. The van der Waals surface area contributed by atoms with Crippen LogP contribution in [0, 0.1) is 0 Å². The van der Waals surface area contributed by atoms with Crippen molar-refractivity contribution < 1.29 is 9.90 Å². The number of aromatic hydroxyl groups is 1. The number of halogens is 2. The first kappa shape index (κ1) is 13.7. The van der Waals surface area contributed by atoms with Crippen LogP contribution in [-0.4, -0.2) is 10.9 Å². The van der Waals surface area contributed by atoms with Crippen molar-refractivity contribution in [1.29, 1.82) is 0 Å². The van der Waals surface area contributed by atoms with Crippen LogP contribution in [0.3, 0.4) is 0 Å². The van der Waals surface area contributed by atoms with Crippen molar-refractivity contribution in [3.8, 4) is 5.75 Å². The molecule has 0 bridgehead atoms. The lowest BCUT2D eigenvalue weighted by molar-refractivity contribution is 0.104. The van der Waals surface area contributed by atoms with Crippen LogP contribution in [0.25, 0.3) is 6.08 Å². The highest BCUT2D eigenvalue weighted by atomic mass is 35.5.